The van der Waals surface area contributed by atoms with Crippen molar-refractivity contribution in [3.8, 4) is 0 Å². The van der Waals surface area contributed by atoms with Gasteiger partial charge in [0.15, 0.2) is 0 Å². The molecule has 1 heteroatoms. The second-order valence-corrected chi connectivity index (χ2v) is 14.0. The van der Waals surface area contributed by atoms with Crippen LogP contribution in [-0.2, 0) is 10.9 Å². The van der Waals surface area contributed by atoms with Gasteiger partial charge in [0.2, 0.25) is 0 Å². The molecule has 0 radical (unpaired) electrons. The molecule has 0 spiro atoms. The molecule has 0 aromatic carbocycles. The first-order valence-electron chi connectivity index (χ1n) is 17.0. The van der Waals surface area contributed by atoms with Gasteiger partial charge < -0.3 is 0 Å². The van der Waals surface area contributed by atoms with Crippen LogP contribution in [0.25, 0.3) is 0 Å². The van der Waals surface area contributed by atoms with Gasteiger partial charge in [-0.1, -0.05) is 162 Å². The zero-order valence-electron chi connectivity index (χ0n) is 25.3. The lowest BCUT2D eigenvalue weighted by molar-refractivity contribution is 0.538. The van der Waals surface area contributed by atoms with Crippen molar-refractivity contribution in [2.45, 2.75) is 201 Å². The van der Waals surface area contributed by atoms with Crippen molar-refractivity contribution in [2.24, 2.45) is 0 Å². The monoisotopic (exact) mass is 512 g/mol. The minimum absolute atomic E-state index is 0.742. The first-order chi connectivity index (χ1) is 17.3. The van der Waals surface area contributed by atoms with Crippen LogP contribution in [0.4, 0.5) is 0 Å². The molecule has 0 aliphatic carbocycles. The fourth-order valence-electron chi connectivity index (χ4n) is 5.33. The molecule has 0 atom stereocenters. The highest BCUT2D eigenvalue weighted by atomic mass is 32.2. The molecule has 0 aliphatic heterocycles. The fourth-order valence-corrected chi connectivity index (χ4v) is 7.78. The first kappa shape index (κ1) is 35.4. The maximum absolute atomic E-state index is 2.33. The summed E-state index contributed by atoms with van der Waals surface area (Å²) in [6.45, 7) is 6.97. The highest BCUT2D eigenvalue weighted by Gasteiger charge is 2.16. The zero-order valence-corrected chi connectivity index (χ0v) is 26.1. The van der Waals surface area contributed by atoms with Crippen LogP contribution in [0.5, 0.6) is 0 Å². The maximum Gasteiger partial charge on any atom is 0.108 e. The second kappa shape index (κ2) is 32.4. The van der Waals surface area contributed by atoms with Crippen molar-refractivity contribution < 1.29 is 0 Å². The highest BCUT2D eigenvalue weighted by Crippen LogP contribution is 2.16. The summed E-state index contributed by atoms with van der Waals surface area (Å²) in [7, 11) is 0.742. The molecular formula is C34H71S+. The van der Waals surface area contributed by atoms with Crippen LogP contribution in [0.15, 0.2) is 0 Å². The Morgan fingerprint density at radius 3 is 0.600 bits per heavy atom. The Kier molecular flexibility index (Phi) is 32.7. The Morgan fingerprint density at radius 2 is 0.400 bits per heavy atom. The van der Waals surface area contributed by atoms with Crippen LogP contribution in [0.3, 0.4) is 0 Å². The lowest BCUT2D eigenvalue weighted by Gasteiger charge is -2.10. The molecule has 35 heavy (non-hydrogen) atoms. The summed E-state index contributed by atoms with van der Waals surface area (Å²) in [5.41, 5.74) is 0. The van der Waals surface area contributed by atoms with Gasteiger partial charge in [-0.05, 0) is 49.4 Å². The van der Waals surface area contributed by atoms with Gasteiger partial charge in [-0.15, -0.1) is 0 Å². The third-order valence-electron chi connectivity index (χ3n) is 7.86. The van der Waals surface area contributed by atoms with E-state index >= 15 is 0 Å². The molecular weight excluding hydrogens is 440 g/mol. The third kappa shape index (κ3) is 30.5. The van der Waals surface area contributed by atoms with E-state index in [1.165, 1.54) is 180 Å². The zero-order chi connectivity index (χ0) is 25.5. The summed E-state index contributed by atoms with van der Waals surface area (Å²) in [6, 6.07) is 0. The van der Waals surface area contributed by atoms with Crippen molar-refractivity contribution in [3.05, 3.63) is 0 Å². The molecule has 0 heterocycles. The summed E-state index contributed by atoms with van der Waals surface area (Å²) < 4.78 is 0. The number of rotatable bonds is 31. The molecule has 0 aromatic heterocycles. The largest absolute Gasteiger partial charge is 0.108 e. The first-order valence-corrected chi connectivity index (χ1v) is 18.7. The fraction of sp³-hybridized carbons (Fsp3) is 1.00. The van der Waals surface area contributed by atoms with E-state index in [4.69, 9.17) is 0 Å². The van der Waals surface area contributed by atoms with E-state index in [1.54, 1.807) is 17.3 Å². The van der Waals surface area contributed by atoms with Crippen molar-refractivity contribution in [3.63, 3.8) is 0 Å². The molecule has 0 saturated carbocycles. The van der Waals surface area contributed by atoms with E-state index in [9.17, 15) is 0 Å². The van der Waals surface area contributed by atoms with E-state index in [1.807, 2.05) is 0 Å². The molecule has 0 aliphatic rings. The van der Waals surface area contributed by atoms with Crippen molar-refractivity contribution in [2.75, 3.05) is 17.3 Å². The normalized spacial score (nSPS) is 11.7. The van der Waals surface area contributed by atoms with Gasteiger partial charge in [0.1, 0.15) is 17.3 Å². The number of unbranched alkanes of at least 4 members (excludes halogenated alkanes) is 25. The Hall–Kier alpha value is 0.350. The van der Waals surface area contributed by atoms with Crippen LogP contribution >= 0.6 is 0 Å². The quantitative estimate of drug-likeness (QED) is 0.0641. The van der Waals surface area contributed by atoms with Gasteiger partial charge in [-0.3, -0.25) is 0 Å². The Bertz CT molecular complexity index is 334. The molecule has 0 saturated heterocycles. The average Bonchev–Trinajstić information content (AvgIpc) is 2.87. The van der Waals surface area contributed by atoms with E-state index in [-0.39, 0.29) is 0 Å². The van der Waals surface area contributed by atoms with Gasteiger partial charge in [0.05, 0.1) is 0 Å². The van der Waals surface area contributed by atoms with Crippen LogP contribution in [0.1, 0.15) is 201 Å². The summed E-state index contributed by atoms with van der Waals surface area (Å²) in [4.78, 5) is 0. The minimum Gasteiger partial charge on any atom is -0.0654 e. The van der Waals surface area contributed by atoms with E-state index in [0.717, 1.165) is 10.9 Å². The molecule has 0 nitrogen and oxygen atoms in total. The molecule has 0 N–H and O–H groups in total. The molecule has 0 amide bonds. The summed E-state index contributed by atoms with van der Waals surface area (Å²) in [5.74, 6) is 4.67. The lowest BCUT2D eigenvalue weighted by atomic mass is 10.0. The van der Waals surface area contributed by atoms with E-state index in [0.29, 0.717) is 0 Å². The van der Waals surface area contributed by atoms with Gasteiger partial charge in [0.25, 0.3) is 0 Å². The topological polar surface area (TPSA) is 0 Å². The van der Waals surface area contributed by atoms with Crippen molar-refractivity contribution in [1.29, 1.82) is 0 Å². The maximum atomic E-state index is 2.33. The molecule has 0 unspecified atom stereocenters. The Morgan fingerprint density at radius 1 is 0.229 bits per heavy atom. The molecule has 212 valence electrons. The second-order valence-electron chi connectivity index (χ2n) is 11.6. The minimum atomic E-state index is 0.742. The Balaban J connectivity index is 3.73. The van der Waals surface area contributed by atoms with Crippen molar-refractivity contribution in [1.82, 2.24) is 0 Å². The average molecular weight is 512 g/mol. The van der Waals surface area contributed by atoms with Gasteiger partial charge in [0, 0.05) is 0 Å². The lowest BCUT2D eigenvalue weighted by Crippen LogP contribution is -2.17. The van der Waals surface area contributed by atoms with Crippen LogP contribution in [0.2, 0.25) is 0 Å². The van der Waals surface area contributed by atoms with Crippen LogP contribution in [0, 0.1) is 0 Å². The van der Waals surface area contributed by atoms with Crippen molar-refractivity contribution >= 4 is 10.9 Å². The predicted molar refractivity (Wildman–Crippen MR) is 168 cm³/mol. The van der Waals surface area contributed by atoms with Gasteiger partial charge in [-0.25, -0.2) is 0 Å². The predicted octanol–water partition coefficient (Wildman–Crippen LogP) is 12.6. The van der Waals surface area contributed by atoms with Gasteiger partial charge in [-0.2, -0.15) is 0 Å². The molecule has 0 fully saturated rings. The van der Waals surface area contributed by atoms with E-state index in [2.05, 4.69) is 20.8 Å². The molecule has 0 aromatic rings. The SMILES string of the molecule is CCCCCCCCCCCCCCCC[S+](CCCCCCCCC)CCCCCCCCC. The summed E-state index contributed by atoms with van der Waals surface area (Å²) in [5, 5.41) is 0. The van der Waals surface area contributed by atoms with Crippen LogP contribution < -0.4 is 0 Å². The molecule has 0 bridgehead atoms. The van der Waals surface area contributed by atoms with Gasteiger partial charge >= 0.3 is 0 Å². The summed E-state index contributed by atoms with van der Waals surface area (Å²) in [6.07, 6.45) is 41.3. The third-order valence-corrected chi connectivity index (χ3v) is 10.5. The standard InChI is InChI=1S/C34H71S/c1-4-7-10-13-16-17-18-19-20-21-22-25-28-31-34-35(32-29-26-23-14-11-8-5-2)33-30-27-24-15-12-9-6-3/h4-34H2,1-3H3/q+1. The number of hydrogen-bond acceptors (Lipinski definition) is 0. The smallest absolute Gasteiger partial charge is 0.0654 e. The van der Waals surface area contributed by atoms with E-state index < -0.39 is 0 Å². The Labute approximate surface area is 228 Å². The van der Waals surface area contributed by atoms with Crippen LogP contribution in [-0.4, -0.2) is 17.3 Å². The summed E-state index contributed by atoms with van der Waals surface area (Å²) >= 11 is 0. The number of hydrogen-bond donors (Lipinski definition) is 0. The molecule has 0 rings (SSSR count). The highest BCUT2D eigenvalue weighted by molar-refractivity contribution is 7.96.